The first-order chi connectivity index (χ1) is 7.00. The van der Waals surface area contributed by atoms with Gasteiger partial charge in [-0.1, -0.05) is 0 Å². The third-order valence-electron chi connectivity index (χ3n) is 1.86. The molecule has 15 heavy (non-hydrogen) atoms. The Labute approximate surface area is 88.1 Å². The van der Waals surface area contributed by atoms with Gasteiger partial charge >= 0.3 is 12.0 Å². The van der Waals surface area contributed by atoms with Crippen LogP contribution in [0.15, 0.2) is 12.4 Å². The van der Waals surface area contributed by atoms with Gasteiger partial charge in [-0.25, -0.2) is 9.97 Å². The standard InChI is InChI=1S/C10H14N2O3/c1-6(2)15-10-11-4-8(5-12-10)7(3)9(13)14/h4-7H,1-3H3,(H,13,14). The van der Waals surface area contributed by atoms with E-state index >= 15 is 0 Å². The van der Waals surface area contributed by atoms with E-state index in [1.165, 1.54) is 12.4 Å². The van der Waals surface area contributed by atoms with Gasteiger partial charge in [-0.05, 0) is 20.8 Å². The van der Waals surface area contributed by atoms with E-state index in [1.807, 2.05) is 13.8 Å². The Balaban J connectivity index is 2.76. The summed E-state index contributed by atoms with van der Waals surface area (Å²) in [4.78, 5) is 18.5. The lowest BCUT2D eigenvalue weighted by molar-refractivity contribution is -0.138. The second-order valence-electron chi connectivity index (χ2n) is 3.53. The van der Waals surface area contributed by atoms with E-state index in [0.29, 0.717) is 5.56 Å². The molecule has 1 unspecified atom stereocenters. The molecule has 0 saturated heterocycles. The van der Waals surface area contributed by atoms with Crippen LogP contribution in [0.25, 0.3) is 0 Å². The molecular formula is C10H14N2O3. The number of nitrogens with zero attached hydrogens (tertiary/aromatic N) is 2. The van der Waals surface area contributed by atoms with E-state index in [-0.39, 0.29) is 12.1 Å². The molecule has 5 heteroatoms. The van der Waals surface area contributed by atoms with E-state index < -0.39 is 11.9 Å². The van der Waals surface area contributed by atoms with Gasteiger partial charge in [0.05, 0.1) is 12.0 Å². The molecule has 0 aliphatic rings. The minimum atomic E-state index is -0.892. The summed E-state index contributed by atoms with van der Waals surface area (Å²) >= 11 is 0. The fraction of sp³-hybridized carbons (Fsp3) is 0.500. The van der Waals surface area contributed by atoms with Crippen LogP contribution in [0.1, 0.15) is 32.3 Å². The quantitative estimate of drug-likeness (QED) is 0.814. The fourth-order valence-corrected chi connectivity index (χ4v) is 0.964. The number of carbonyl (C=O) groups is 1. The van der Waals surface area contributed by atoms with Crippen molar-refractivity contribution in [1.82, 2.24) is 9.97 Å². The molecule has 5 nitrogen and oxygen atoms in total. The van der Waals surface area contributed by atoms with Crippen molar-refractivity contribution >= 4 is 5.97 Å². The van der Waals surface area contributed by atoms with Crippen LogP contribution in [0, 0.1) is 0 Å². The Bertz CT molecular complexity index is 335. The summed E-state index contributed by atoms with van der Waals surface area (Å²) in [6.45, 7) is 5.33. The van der Waals surface area contributed by atoms with Crippen LogP contribution < -0.4 is 4.74 Å². The molecule has 0 aliphatic carbocycles. The van der Waals surface area contributed by atoms with E-state index in [4.69, 9.17) is 9.84 Å². The molecule has 0 amide bonds. The highest BCUT2D eigenvalue weighted by atomic mass is 16.5. The Morgan fingerprint density at radius 3 is 2.27 bits per heavy atom. The Morgan fingerprint density at radius 2 is 1.87 bits per heavy atom. The van der Waals surface area contributed by atoms with Gasteiger partial charge in [0, 0.05) is 18.0 Å². The highest BCUT2D eigenvalue weighted by Crippen LogP contribution is 2.14. The molecule has 0 spiro atoms. The SMILES string of the molecule is CC(C)Oc1ncc(C(C)C(=O)O)cn1. The summed E-state index contributed by atoms with van der Waals surface area (Å²) in [6, 6.07) is 0.270. The van der Waals surface area contributed by atoms with Crippen molar-refractivity contribution in [2.75, 3.05) is 0 Å². The number of rotatable bonds is 4. The van der Waals surface area contributed by atoms with E-state index in [1.54, 1.807) is 6.92 Å². The number of carboxylic acid groups (broad SMARTS) is 1. The van der Waals surface area contributed by atoms with Gasteiger partial charge in [0.2, 0.25) is 0 Å². The van der Waals surface area contributed by atoms with Crippen LogP contribution in [0.5, 0.6) is 6.01 Å². The van der Waals surface area contributed by atoms with Crippen LogP contribution in [0.4, 0.5) is 0 Å². The van der Waals surface area contributed by atoms with Crippen LogP contribution in [-0.4, -0.2) is 27.1 Å². The maximum atomic E-state index is 10.7. The fourth-order valence-electron chi connectivity index (χ4n) is 0.964. The number of aliphatic carboxylic acids is 1. The molecule has 1 aromatic rings. The van der Waals surface area contributed by atoms with Crippen LogP contribution in [0.2, 0.25) is 0 Å². The molecule has 0 fully saturated rings. The first-order valence-corrected chi connectivity index (χ1v) is 4.72. The smallest absolute Gasteiger partial charge is 0.316 e. The van der Waals surface area contributed by atoms with Crippen molar-refractivity contribution < 1.29 is 14.6 Å². The minimum Gasteiger partial charge on any atom is -0.481 e. The molecule has 0 aliphatic heterocycles. The third kappa shape index (κ3) is 3.19. The summed E-state index contributed by atoms with van der Waals surface area (Å²) in [5.74, 6) is -1.49. The number of hydrogen-bond acceptors (Lipinski definition) is 4. The van der Waals surface area contributed by atoms with Gasteiger partial charge < -0.3 is 9.84 Å². The predicted molar refractivity (Wildman–Crippen MR) is 53.8 cm³/mol. The van der Waals surface area contributed by atoms with E-state index in [9.17, 15) is 4.79 Å². The molecule has 0 radical (unpaired) electrons. The zero-order valence-electron chi connectivity index (χ0n) is 8.97. The molecule has 82 valence electrons. The maximum absolute atomic E-state index is 10.7. The Morgan fingerprint density at radius 1 is 1.33 bits per heavy atom. The average Bonchev–Trinajstić information content (AvgIpc) is 2.17. The lowest BCUT2D eigenvalue weighted by Gasteiger charge is -2.09. The normalized spacial score (nSPS) is 12.5. The zero-order valence-corrected chi connectivity index (χ0v) is 8.97. The molecule has 0 bridgehead atoms. The van der Waals surface area contributed by atoms with Crippen molar-refractivity contribution in [2.45, 2.75) is 32.8 Å². The molecule has 1 atom stereocenters. The van der Waals surface area contributed by atoms with Gasteiger partial charge in [-0.2, -0.15) is 0 Å². The van der Waals surface area contributed by atoms with Crippen LogP contribution >= 0.6 is 0 Å². The second kappa shape index (κ2) is 4.72. The monoisotopic (exact) mass is 210 g/mol. The van der Waals surface area contributed by atoms with Crippen LogP contribution in [0.3, 0.4) is 0 Å². The van der Waals surface area contributed by atoms with Crippen molar-refractivity contribution in [3.63, 3.8) is 0 Å². The summed E-state index contributed by atoms with van der Waals surface area (Å²) in [5, 5.41) is 8.76. The molecule has 1 N–H and O–H groups in total. The molecular weight excluding hydrogens is 196 g/mol. The van der Waals surface area contributed by atoms with Crippen molar-refractivity contribution in [3.05, 3.63) is 18.0 Å². The summed E-state index contributed by atoms with van der Waals surface area (Å²) in [5.41, 5.74) is 0.568. The van der Waals surface area contributed by atoms with Gasteiger partial charge in [-0.3, -0.25) is 4.79 Å². The Hall–Kier alpha value is -1.65. The maximum Gasteiger partial charge on any atom is 0.316 e. The summed E-state index contributed by atoms with van der Waals surface area (Å²) < 4.78 is 5.24. The predicted octanol–water partition coefficient (Wildman–Crippen LogP) is 1.45. The topological polar surface area (TPSA) is 72.3 Å². The number of aromatic nitrogens is 2. The first-order valence-electron chi connectivity index (χ1n) is 4.72. The molecule has 0 aromatic carbocycles. The first kappa shape index (κ1) is 11.4. The van der Waals surface area contributed by atoms with Crippen molar-refractivity contribution in [1.29, 1.82) is 0 Å². The van der Waals surface area contributed by atoms with E-state index in [2.05, 4.69) is 9.97 Å². The number of hydrogen-bond donors (Lipinski definition) is 1. The summed E-state index contributed by atoms with van der Waals surface area (Å²) in [6.07, 6.45) is 2.96. The molecule has 1 aromatic heterocycles. The highest BCUT2D eigenvalue weighted by Gasteiger charge is 2.14. The van der Waals surface area contributed by atoms with Crippen molar-refractivity contribution in [3.8, 4) is 6.01 Å². The molecule has 0 saturated carbocycles. The highest BCUT2D eigenvalue weighted by molar-refractivity contribution is 5.75. The average molecular weight is 210 g/mol. The largest absolute Gasteiger partial charge is 0.481 e. The Kier molecular flexibility index (Phi) is 3.60. The number of carboxylic acids is 1. The second-order valence-corrected chi connectivity index (χ2v) is 3.53. The van der Waals surface area contributed by atoms with Gasteiger partial charge in [0.15, 0.2) is 0 Å². The van der Waals surface area contributed by atoms with Gasteiger partial charge in [0.25, 0.3) is 0 Å². The van der Waals surface area contributed by atoms with Crippen LogP contribution in [-0.2, 0) is 4.79 Å². The lowest BCUT2D eigenvalue weighted by atomic mass is 10.1. The molecule has 1 heterocycles. The lowest BCUT2D eigenvalue weighted by Crippen LogP contribution is -2.11. The van der Waals surface area contributed by atoms with Gasteiger partial charge in [0.1, 0.15) is 0 Å². The van der Waals surface area contributed by atoms with Gasteiger partial charge in [-0.15, -0.1) is 0 Å². The van der Waals surface area contributed by atoms with E-state index in [0.717, 1.165) is 0 Å². The zero-order chi connectivity index (χ0) is 11.4. The molecule has 1 rings (SSSR count). The van der Waals surface area contributed by atoms with Crippen molar-refractivity contribution in [2.24, 2.45) is 0 Å². The number of ether oxygens (including phenoxy) is 1. The third-order valence-corrected chi connectivity index (χ3v) is 1.86. The summed E-state index contributed by atoms with van der Waals surface area (Å²) in [7, 11) is 0. The minimum absolute atomic E-state index is 0.00717.